The number of halogens is 1. The van der Waals surface area contributed by atoms with Crippen LogP contribution >= 0.6 is 12.4 Å². The summed E-state index contributed by atoms with van der Waals surface area (Å²) in [5.74, 6) is 2.51. The summed E-state index contributed by atoms with van der Waals surface area (Å²) in [6.45, 7) is 5.90. The standard InChI is InChI=1S/C16H22N2O3.ClH/c1-19-13-7-15-14(20-11-21-15)6-12(13)8-18-5-3-16(10-18)2-4-17-9-16;/h6-7,17H,2-5,8-11H2,1H3;1H. The Morgan fingerprint density at radius 2 is 2.09 bits per heavy atom. The first-order chi connectivity index (χ1) is 10.3. The molecule has 6 heteroatoms. The van der Waals surface area contributed by atoms with Crippen molar-refractivity contribution in [2.75, 3.05) is 40.1 Å². The van der Waals surface area contributed by atoms with E-state index in [1.807, 2.05) is 6.07 Å². The maximum absolute atomic E-state index is 5.52. The van der Waals surface area contributed by atoms with Gasteiger partial charge >= 0.3 is 0 Å². The van der Waals surface area contributed by atoms with Crippen LogP contribution in [0.4, 0.5) is 0 Å². The molecule has 22 heavy (non-hydrogen) atoms. The second-order valence-electron chi connectivity index (χ2n) is 6.40. The summed E-state index contributed by atoms with van der Waals surface area (Å²) in [6, 6.07) is 4.01. The molecule has 122 valence electrons. The quantitative estimate of drug-likeness (QED) is 0.920. The van der Waals surface area contributed by atoms with Gasteiger partial charge in [0.1, 0.15) is 5.75 Å². The average Bonchev–Trinajstić information content (AvgIpc) is 3.21. The lowest BCUT2D eigenvalue weighted by Crippen LogP contribution is -2.29. The highest BCUT2D eigenvalue weighted by atomic mass is 35.5. The van der Waals surface area contributed by atoms with Crippen molar-refractivity contribution in [2.24, 2.45) is 5.41 Å². The molecule has 2 saturated heterocycles. The minimum atomic E-state index is 0. The molecule has 0 saturated carbocycles. The number of fused-ring (bicyclic) bond motifs is 1. The Kier molecular flexibility index (Phi) is 4.39. The molecular weight excluding hydrogens is 304 g/mol. The minimum Gasteiger partial charge on any atom is -0.496 e. The van der Waals surface area contributed by atoms with Gasteiger partial charge in [-0.1, -0.05) is 0 Å². The fourth-order valence-electron chi connectivity index (χ4n) is 3.83. The second kappa shape index (κ2) is 6.14. The molecule has 3 aliphatic rings. The number of methoxy groups -OCH3 is 1. The van der Waals surface area contributed by atoms with Gasteiger partial charge in [-0.15, -0.1) is 12.4 Å². The Hall–Kier alpha value is -1.17. The first-order valence-corrected chi connectivity index (χ1v) is 7.68. The molecule has 1 spiro atoms. The van der Waals surface area contributed by atoms with Gasteiger partial charge in [0.15, 0.2) is 11.5 Å². The van der Waals surface area contributed by atoms with E-state index in [1.165, 1.54) is 44.6 Å². The van der Waals surface area contributed by atoms with Crippen LogP contribution < -0.4 is 19.5 Å². The van der Waals surface area contributed by atoms with Crippen molar-refractivity contribution in [1.29, 1.82) is 0 Å². The van der Waals surface area contributed by atoms with Gasteiger partial charge in [-0.2, -0.15) is 0 Å². The van der Waals surface area contributed by atoms with Crippen molar-refractivity contribution in [3.05, 3.63) is 17.7 Å². The van der Waals surface area contributed by atoms with E-state index in [1.54, 1.807) is 7.11 Å². The smallest absolute Gasteiger partial charge is 0.231 e. The first kappa shape index (κ1) is 15.7. The number of benzene rings is 1. The number of nitrogens with one attached hydrogen (secondary N) is 1. The van der Waals surface area contributed by atoms with Gasteiger partial charge in [0, 0.05) is 31.3 Å². The van der Waals surface area contributed by atoms with E-state index in [0.29, 0.717) is 12.2 Å². The number of hydrogen-bond donors (Lipinski definition) is 1. The van der Waals surface area contributed by atoms with Crippen LogP contribution in [0.2, 0.25) is 0 Å². The lowest BCUT2D eigenvalue weighted by Gasteiger charge is -2.23. The first-order valence-electron chi connectivity index (χ1n) is 7.68. The molecule has 0 amide bonds. The molecular formula is C16H23ClN2O3. The van der Waals surface area contributed by atoms with Crippen LogP contribution in [0.25, 0.3) is 0 Å². The van der Waals surface area contributed by atoms with E-state index in [2.05, 4.69) is 16.3 Å². The zero-order valence-corrected chi connectivity index (χ0v) is 13.7. The fourth-order valence-corrected chi connectivity index (χ4v) is 3.83. The third kappa shape index (κ3) is 2.73. The van der Waals surface area contributed by atoms with Gasteiger partial charge < -0.3 is 19.5 Å². The highest BCUT2D eigenvalue weighted by Gasteiger charge is 2.40. The van der Waals surface area contributed by atoms with Crippen molar-refractivity contribution in [1.82, 2.24) is 10.2 Å². The van der Waals surface area contributed by atoms with Crippen LogP contribution in [0.15, 0.2) is 12.1 Å². The number of nitrogens with zero attached hydrogens (tertiary/aromatic N) is 1. The third-order valence-corrected chi connectivity index (χ3v) is 5.02. The van der Waals surface area contributed by atoms with Crippen LogP contribution in [0.1, 0.15) is 18.4 Å². The lowest BCUT2D eigenvalue weighted by atomic mass is 9.86. The zero-order chi connectivity index (χ0) is 14.3. The van der Waals surface area contributed by atoms with E-state index >= 15 is 0 Å². The summed E-state index contributed by atoms with van der Waals surface area (Å²) in [4.78, 5) is 2.53. The number of rotatable bonds is 3. The van der Waals surface area contributed by atoms with Crippen molar-refractivity contribution in [3.63, 3.8) is 0 Å². The van der Waals surface area contributed by atoms with Crippen molar-refractivity contribution in [2.45, 2.75) is 19.4 Å². The van der Waals surface area contributed by atoms with Gasteiger partial charge in [0.25, 0.3) is 0 Å². The van der Waals surface area contributed by atoms with Crippen LogP contribution in [0.5, 0.6) is 17.2 Å². The Balaban J connectivity index is 0.00000144. The molecule has 1 aromatic rings. The van der Waals surface area contributed by atoms with Gasteiger partial charge in [0.05, 0.1) is 7.11 Å². The van der Waals surface area contributed by atoms with Crippen molar-refractivity contribution >= 4 is 12.4 Å². The molecule has 1 aromatic carbocycles. The molecule has 1 N–H and O–H groups in total. The number of ether oxygens (including phenoxy) is 3. The normalized spacial score (nSPS) is 26.4. The van der Waals surface area contributed by atoms with E-state index in [-0.39, 0.29) is 12.4 Å². The van der Waals surface area contributed by atoms with E-state index < -0.39 is 0 Å². The van der Waals surface area contributed by atoms with Crippen LogP contribution in [0.3, 0.4) is 0 Å². The molecule has 1 unspecified atom stereocenters. The molecule has 0 radical (unpaired) electrons. The minimum absolute atomic E-state index is 0. The summed E-state index contributed by atoms with van der Waals surface area (Å²) < 4.78 is 16.4. The molecule has 1 atom stereocenters. The van der Waals surface area contributed by atoms with Gasteiger partial charge in [0.2, 0.25) is 6.79 Å². The third-order valence-electron chi connectivity index (χ3n) is 5.02. The maximum atomic E-state index is 5.52. The lowest BCUT2D eigenvalue weighted by molar-refractivity contribution is 0.174. The molecule has 3 heterocycles. The molecule has 5 nitrogen and oxygen atoms in total. The predicted octanol–water partition coefficient (Wildman–Crippen LogP) is 2.03. The van der Waals surface area contributed by atoms with Crippen LogP contribution in [-0.2, 0) is 6.54 Å². The van der Waals surface area contributed by atoms with Crippen LogP contribution in [0, 0.1) is 5.41 Å². The van der Waals surface area contributed by atoms with E-state index in [0.717, 1.165) is 23.8 Å². The molecule has 0 aliphatic carbocycles. The highest BCUT2D eigenvalue weighted by Crippen LogP contribution is 2.41. The Bertz CT molecular complexity index is 546. The summed E-state index contributed by atoms with van der Waals surface area (Å²) in [5, 5.41) is 3.51. The topological polar surface area (TPSA) is 43.0 Å². The van der Waals surface area contributed by atoms with Gasteiger partial charge in [-0.05, 0) is 37.4 Å². The summed E-state index contributed by atoms with van der Waals surface area (Å²) in [5.41, 5.74) is 1.69. The second-order valence-corrected chi connectivity index (χ2v) is 6.40. The highest BCUT2D eigenvalue weighted by molar-refractivity contribution is 5.85. The Morgan fingerprint density at radius 1 is 1.27 bits per heavy atom. The van der Waals surface area contributed by atoms with Crippen molar-refractivity contribution < 1.29 is 14.2 Å². The maximum Gasteiger partial charge on any atom is 0.231 e. The fraction of sp³-hybridized carbons (Fsp3) is 0.625. The van der Waals surface area contributed by atoms with E-state index in [9.17, 15) is 0 Å². The molecule has 4 rings (SSSR count). The van der Waals surface area contributed by atoms with Crippen molar-refractivity contribution in [3.8, 4) is 17.2 Å². The number of likely N-dealkylation sites (tertiary alicyclic amines) is 1. The summed E-state index contributed by atoms with van der Waals surface area (Å²) >= 11 is 0. The van der Waals surface area contributed by atoms with E-state index in [4.69, 9.17) is 14.2 Å². The Morgan fingerprint density at radius 3 is 2.82 bits per heavy atom. The largest absolute Gasteiger partial charge is 0.496 e. The Labute approximate surface area is 137 Å². The molecule has 0 bridgehead atoms. The molecule has 2 fully saturated rings. The SMILES string of the molecule is COc1cc2c(cc1CN1CCC3(CCNC3)C1)OCO2.Cl. The number of hydrogen-bond acceptors (Lipinski definition) is 5. The van der Waals surface area contributed by atoms with Crippen LogP contribution in [-0.4, -0.2) is 45.0 Å². The molecule has 0 aromatic heterocycles. The van der Waals surface area contributed by atoms with Gasteiger partial charge in [-0.3, -0.25) is 4.90 Å². The predicted molar refractivity (Wildman–Crippen MR) is 86.2 cm³/mol. The monoisotopic (exact) mass is 326 g/mol. The molecule has 3 aliphatic heterocycles. The summed E-state index contributed by atoms with van der Waals surface area (Å²) in [7, 11) is 1.72. The summed E-state index contributed by atoms with van der Waals surface area (Å²) in [6.07, 6.45) is 2.61. The zero-order valence-electron chi connectivity index (χ0n) is 12.9. The van der Waals surface area contributed by atoms with Gasteiger partial charge in [-0.25, -0.2) is 0 Å². The average molecular weight is 327 g/mol.